The summed E-state index contributed by atoms with van der Waals surface area (Å²) >= 11 is 0. The number of hydrogen-bond acceptors (Lipinski definition) is 4. The lowest BCUT2D eigenvalue weighted by Gasteiger charge is -2.42. The van der Waals surface area contributed by atoms with Crippen LogP contribution in [-0.2, 0) is 12.8 Å². The van der Waals surface area contributed by atoms with Crippen molar-refractivity contribution in [3.05, 3.63) is 41.0 Å². The van der Waals surface area contributed by atoms with E-state index in [-0.39, 0.29) is 0 Å². The average molecular weight is 364 g/mol. The van der Waals surface area contributed by atoms with E-state index in [2.05, 4.69) is 36.1 Å². The fraction of sp³-hybridized carbons (Fsp3) is 0.478. The van der Waals surface area contributed by atoms with E-state index in [0.717, 1.165) is 43.2 Å². The van der Waals surface area contributed by atoms with E-state index < -0.39 is 5.79 Å². The van der Waals surface area contributed by atoms with Crippen LogP contribution in [0.3, 0.4) is 0 Å². The van der Waals surface area contributed by atoms with Crippen molar-refractivity contribution in [2.45, 2.75) is 51.9 Å². The van der Waals surface area contributed by atoms with E-state index in [1.807, 2.05) is 13.8 Å². The number of nitrogens with zero attached hydrogens (tertiary/aromatic N) is 1. The number of ether oxygens (including phenoxy) is 3. The second-order valence-electron chi connectivity index (χ2n) is 8.28. The number of hydrogen-bond donors (Lipinski definition) is 0. The molecule has 0 saturated carbocycles. The molecular weight excluding hydrogens is 337 g/mol. The summed E-state index contributed by atoms with van der Waals surface area (Å²) in [6, 6.07) is 9.15. The van der Waals surface area contributed by atoms with Gasteiger partial charge in [-0.15, -0.1) is 0 Å². The molecule has 2 aromatic rings. The first kappa shape index (κ1) is 16.9. The maximum absolute atomic E-state index is 6.25. The van der Waals surface area contributed by atoms with Gasteiger partial charge in [0.05, 0.1) is 7.11 Å². The Morgan fingerprint density at radius 2 is 2.04 bits per heavy atom. The lowest BCUT2D eigenvalue weighted by atomic mass is 9.76. The molecule has 0 N–H and O–H groups in total. The minimum Gasteiger partial charge on any atom is -0.497 e. The largest absolute Gasteiger partial charge is 0.497 e. The highest BCUT2D eigenvalue weighted by molar-refractivity contribution is 5.84. The van der Waals surface area contributed by atoms with E-state index in [0.29, 0.717) is 6.04 Å². The van der Waals surface area contributed by atoms with Gasteiger partial charge < -0.3 is 14.2 Å². The highest BCUT2D eigenvalue weighted by Crippen LogP contribution is 2.54. The number of benzene rings is 2. The average Bonchev–Trinajstić information content (AvgIpc) is 2.97. The van der Waals surface area contributed by atoms with Crippen LogP contribution in [0.25, 0.3) is 11.1 Å². The number of rotatable bonds is 3. The maximum Gasteiger partial charge on any atom is 0.246 e. The molecule has 5 rings (SSSR count). The summed E-state index contributed by atoms with van der Waals surface area (Å²) in [6.45, 7) is 8.46. The van der Waals surface area contributed by atoms with Gasteiger partial charge in [0.15, 0.2) is 11.5 Å². The smallest absolute Gasteiger partial charge is 0.246 e. The fourth-order valence-corrected chi connectivity index (χ4v) is 4.99. The first-order valence-corrected chi connectivity index (χ1v) is 10.00. The van der Waals surface area contributed by atoms with Gasteiger partial charge in [-0.3, -0.25) is 4.90 Å². The lowest BCUT2D eigenvalue weighted by molar-refractivity contribution is -0.0429. The van der Waals surface area contributed by atoms with Crippen LogP contribution >= 0.6 is 0 Å². The fourth-order valence-electron chi connectivity index (χ4n) is 4.99. The SMILES string of the molecule is CCCN1CCc2cc(O[11CH3])cc3c2[C@H]1Cc1ccc2c(c1-3)OC(C)(C)O2. The van der Waals surface area contributed by atoms with Crippen LogP contribution in [0.5, 0.6) is 17.2 Å². The number of methoxy groups -OCH3 is 1. The van der Waals surface area contributed by atoms with Gasteiger partial charge in [-0.05, 0) is 66.3 Å². The van der Waals surface area contributed by atoms with Crippen molar-refractivity contribution in [2.24, 2.45) is 0 Å². The molecule has 0 fully saturated rings. The highest BCUT2D eigenvalue weighted by atomic mass is 16.7. The van der Waals surface area contributed by atoms with Gasteiger partial charge in [-0.1, -0.05) is 13.0 Å². The Balaban J connectivity index is 1.74. The molecule has 4 nitrogen and oxygen atoms in total. The molecule has 0 spiro atoms. The quantitative estimate of drug-likeness (QED) is 0.787. The molecule has 2 heterocycles. The van der Waals surface area contributed by atoms with Crippen molar-refractivity contribution in [3.63, 3.8) is 0 Å². The van der Waals surface area contributed by atoms with E-state index in [1.54, 1.807) is 7.11 Å². The Hall–Kier alpha value is -2.20. The first-order chi connectivity index (χ1) is 13.0. The Morgan fingerprint density at radius 1 is 1.19 bits per heavy atom. The standard InChI is InChI=1S/C23H27NO3/c1-5-9-24-10-8-15-11-16(25-4)13-17-20(15)18(24)12-14-6-7-19-22(21(14)17)27-23(2,3)26-19/h6-7,11,13,18H,5,8-10,12H2,1-4H3/t18-/m1/s1/i4-1. The number of fused-ring (bicyclic) bond motifs is 4. The molecule has 142 valence electrons. The summed E-state index contributed by atoms with van der Waals surface area (Å²) in [7, 11) is 1.75. The Kier molecular flexibility index (Phi) is 3.70. The van der Waals surface area contributed by atoms with E-state index in [9.17, 15) is 0 Å². The topological polar surface area (TPSA) is 30.9 Å². The zero-order valence-electron chi connectivity index (χ0n) is 16.6. The van der Waals surface area contributed by atoms with E-state index in [4.69, 9.17) is 14.2 Å². The van der Waals surface area contributed by atoms with E-state index in [1.165, 1.54) is 34.2 Å². The van der Waals surface area contributed by atoms with Crippen LogP contribution in [0, 0.1) is 0 Å². The molecule has 27 heavy (non-hydrogen) atoms. The molecule has 1 aliphatic carbocycles. The van der Waals surface area contributed by atoms with Crippen LogP contribution < -0.4 is 14.2 Å². The predicted molar refractivity (Wildman–Crippen MR) is 106 cm³/mol. The molecule has 0 saturated heterocycles. The molecule has 0 amide bonds. The molecule has 0 unspecified atom stereocenters. The van der Waals surface area contributed by atoms with Gasteiger partial charge in [0.1, 0.15) is 5.75 Å². The lowest BCUT2D eigenvalue weighted by Crippen LogP contribution is -2.39. The molecule has 4 heteroatoms. The van der Waals surface area contributed by atoms with Crippen LogP contribution in [-0.4, -0.2) is 30.9 Å². The monoisotopic (exact) mass is 364 g/mol. The van der Waals surface area contributed by atoms with Crippen LogP contribution in [0.4, 0.5) is 0 Å². The van der Waals surface area contributed by atoms with Gasteiger partial charge in [0.25, 0.3) is 0 Å². The molecular formula is C23H27NO3. The summed E-state index contributed by atoms with van der Waals surface area (Å²) in [5.74, 6) is 2.03. The van der Waals surface area contributed by atoms with Crippen molar-refractivity contribution in [3.8, 4) is 28.4 Å². The summed E-state index contributed by atoms with van der Waals surface area (Å²) in [5, 5.41) is 0. The third-order valence-electron chi connectivity index (χ3n) is 6.02. The Labute approximate surface area is 161 Å². The molecule has 3 aliphatic rings. The predicted octanol–water partition coefficient (Wildman–Crippen LogP) is 4.73. The van der Waals surface area contributed by atoms with Gasteiger partial charge >= 0.3 is 0 Å². The van der Waals surface area contributed by atoms with Crippen molar-refractivity contribution in [1.82, 2.24) is 4.90 Å². The molecule has 0 aromatic heterocycles. The van der Waals surface area contributed by atoms with Gasteiger partial charge in [-0.2, -0.15) is 0 Å². The first-order valence-electron chi connectivity index (χ1n) is 10.00. The van der Waals surface area contributed by atoms with Crippen molar-refractivity contribution in [1.29, 1.82) is 0 Å². The molecule has 0 bridgehead atoms. The summed E-state index contributed by atoms with van der Waals surface area (Å²) < 4.78 is 17.9. The summed E-state index contributed by atoms with van der Waals surface area (Å²) in [5.41, 5.74) is 6.68. The molecule has 1 atom stereocenters. The van der Waals surface area contributed by atoms with E-state index >= 15 is 0 Å². The second-order valence-corrected chi connectivity index (χ2v) is 8.28. The zero-order valence-corrected chi connectivity index (χ0v) is 16.6. The Morgan fingerprint density at radius 3 is 2.81 bits per heavy atom. The van der Waals surface area contributed by atoms with Gasteiger partial charge in [0.2, 0.25) is 5.79 Å². The van der Waals surface area contributed by atoms with Crippen molar-refractivity contribution in [2.75, 3.05) is 20.2 Å². The van der Waals surface area contributed by atoms with Crippen LogP contribution in [0.15, 0.2) is 24.3 Å². The maximum atomic E-state index is 6.25. The second kappa shape index (κ2) is 5.90. The molecule has 2 aliphatic heterocycles. The van der Waals surface area contributed by atoms with Crippen LogP contribution in [0.1, 0.15) is 49.9 Å². The van der Waals surface area contributed by atoms with Crippen molar-refractivity contribution < 1.29 is 14.2 Å². The molecule has 2 aromatic carbocycles. The zero-order chi connectivity index (χ0) is 18.8. The summed E-state index contributed by atoms with van der Waals surface area (Å²) in [4.78, 5) is 2.65. The third kappa shape index (κ3) is 2.53. The van der Waals surface area contributed by atoms with Gasteiger partial charge in [0, 0.05) is 32.0 Å². The third-order valence-corrected chi connectivity index (χ3v) is 6.02. The van der Waals surface area contributed by atoms with Crippen molar-refractivity contribution >= 4 is 0 Å². The molecule has 0 radical (unpaired) electrons. The Bertz CT molecular complexity index is 918. The normalized spacial score (nSPS) is 21.6. The minimum absolute atomic E-state index is 0.440. The highest BCUT2D eigenvalue weighted by Gasteiger charge is 2.40. The van der Waals surface area contributed by atoms with Gasteiger partial charge in [-0.25, -0.2) is 0 Å². The summed E-state index contributed by atoms with van der Waals surface area (Å²) in [6.07, 6.45) is 3.28. The van der Waals surface area contributed by atoms with Crippen LogP contribution in [0.2, 0.25) is 0 Å². The minimum atomic E-state index is -0.624.